The monoisotopic (exact) mass is 599 g/mol. The van der Waals surface area contributed by atoms with Crippen LogP contribution in [0.4, 0.5) is 26.3 Å². The Kier molecular flexibility index (Phi) is 8.41. The molecule has 0 spiro atoms. The summed E-state index contributed by atoms with van der Waals surface area (Å²) in [5.74, 6) is -3.11. The topological polar surface area (TPSA) is 87.9 Å². The van der Waals surface area contributed by atoms with Gasteiger partial charge in [0.1, 0.15) is 23.2 Å². The Morgan fingerprint density at radius 2 is 1.84 bits per heavy atom. The normalized spacial score (nSPS) is 14.4. The van der Waals surface area contributed by atoms with E-state index in [1.165, 1.54) is 36.5 Å². The lowest BCUT2D eigenvalue weighted by Gasteiger charge is -2.27. The lowest BCUT2D eigenvalue weighted by Crippen LogP contribution is -2.36. The van der Waals surface area contributed by atoms with Gasteiger partial charge in [-0.3, -0.25) is 19.8 Å². The second-order valence-corrected chi connectivity index (χ2v) is 10.6. The highest BCUT2D eigenvalue weighted by molar-refractivity contribution is 5.82. The number of H-pyrrole nitrogens is 1. The van der Waals surface area contributed by atoms with Gasteiger partial charge in [0.25, 0.3) is 0 Å². The molecule has 0 bridgehead atoms. The van der Waals surface area contributed by atoms with Crippen LogP contribution in [0.25, 0.3) is 16.8 Å². The van der Waals surface area contributed by atoms with Crippen molar-refractivity contribution in [1.29, 1.82) is 0 Å². The van der Waals surface area contributed by atoms with Crippen molar-refractivity contribution in [2.45, 2.75) is 37.9 Å². The van der Waals surface area contributed by atoms with Crippen LogP contribution >= 0.6 is 0 Å². The summed E-state index contributed by atoms with van der Waals surface area (Å²) in [5.41, 5.74) is 7.08. The number of nitrogens with one attached hydrogen (secondary N) is 1. The van der Waals surface area contributed by atoms with Gasteiger partial charge < -0.3 is 5.73 Å². The van der Waals surface area contributed by atoms with E-state index in [-0.39, 0.29) is 60.5 Å². The molecule has 0 amide bonds. The first kappa shape index (κ1) is 30.0. The van der Waals surface area contributed by atoms with E-state index in [0.717, 1.165) is 6.07 Å². The Hall–Kier alpha value is -4.45. The SMILES string of the molecule is C=C(N)c1cc(-c2cccnc2[C@@H](CC(=O)CN2CCc3[nH]nc(C(F)(F)F)c3C2)Cc2cc(F)cc(F)c2)ccc1F. The number of Topliss-reactive ketones (excluding diaryl/α,β-unsaturated/α-hetero) is 1. The van der Waals surface area contributed by atoms with Gasteiger partial charge in [-0.25, -0.2) is 13.2 Å². The van der Waals surface area contributed by atoms with Crippen molar-refractivity contribution in [3.8, 4) is 11.1 Å². The summed E-state index contributed by atoms with van der Waals surface area (Å²) in [6, 6.07) is 10.7. The third-order valence-electron chi connectivity index (χ3n) is 7.41. The number of pyridine rings is 1. The third kappa shape index (κ3) is 6.80. The zero-order valence-electron chi connectivity index (χ0n) is 22.8. The van der Waals surface area contributed by atoms with E-state index in [1.54, 1.807) is 17.0 Å². The highest BCUT2D eigenvalue weighted by Gasteiger charge is 2.39. The zero-order chi connectivity index (χ0) is 30.9. The van der Waals surface area contributed by atoms with Gasteiger partial charge in [-0.1, -0.05) is 18.7 Å². The standard InChI is InChI=1S/C31H27F6N5O/c1-17(38)25-13-19(4-5-27(25)34)24-3-2-7-39-29(24)20(9-18-10-21(32)14-22(33)11-18)12-23(43)15-42-8-6-28-26(16-42)30(41-40-28)31(35,36)37/h2-5,7,10-11,13-14,20H,1,6,8-9,12,15-16,38H2,(H,40,41)/t20-/m1/s1. The molecular weight excluding hydrogens is 572 g/mol. The Balaban J connectivity index is 1.45. The average Bonchev–Trinajstić information content (AvgIpc) is 3.36. The van der Waals surface area contributed by atoms with Crippen LogP contribution in [0.1, 0.15) is 46.1 Å². The van der Waals surface area contributed by atoms with Crippen molar-refractivity contribution in [3.05, 3.63) is 113 Å². The number of alkyl halides is 3. The fraction of sp³-hybridized carbons (Fsp3) is 0.258. The Morgan fingerprint density at radius 3 is 2.53 bits per heavy atom. The lowest BCUT2D eigenvalue weighted by molar-refractivity contribution is -0.142. The predicted molar refractivity (Wildman–Crippen MR) is 148 cm³/mol. The van der Waals surface area contributed by atoms with Gasteiger partial charge in [0, 0.05) is 72.2 Å². The van der Waals surface area contributed by atoms with E-state index in [9.17, 15) is 31.1 Å². The van der Waals surface area contributed by atoms with Crippen LogP contribution in [0, 0.1) is 17.5 Å². The molecule has 1 atom stereocenters. The summed E-state index contributed by atoms with van der Waals surface area (Å²) in [7, 11) is 0. The van der Waals surface area contributed by atoms with Crippen LogP contribution in [-0.2, 0) is 30.4 Å². The number of carbonyl (C=O) groups is 1. The summed E-state index contributed by atoms with van der Waals surface area (Å²) in [5, 5.41) is 5.87. The highest BCUT2D eigenvalue weighted by Crippen LogP contribution is 2.36. The molecular formula is C31H27F6N5O. The molecule has 224 valence electrons. The number of fused-ring (bicyclic) bond motifs is 1. The van der Waals surface area contributed by atoms with E-state index in [1.807, 2.05) is 0 Å². The summed E-state index contributed by atoms with van der Waals surface area (Å²) < 4.78 is 82.8. The van der Waals surface area contributed by atoms with Crippen molar-refractivity contribution in [1.82, 2.24) is 20.1 Å². The molecule has 12 heteroatoms. The Bertz CT molecular complexity index is 1660. The van der Waals surface area contributed by atoms with Gasteiger partial charge in [-0.15, -0.1) is 0 Å². The Labute approximate surface area is 243 Å². The summed E-state index contributed by atoms with van der Waals surface area (Å²) in [6.45, 7) is 3.69. The maximum Gasteiger partial charge on any atom is 0.435 e. The summed E-state index contributed by atoms with van der Waals surface area (Å²) >= 11 is 0. The number of hydrogen-bond acceptors (Lipinski definition) is 5. The second-order valence-electron chi connectivity index (χ2n) is 10.6. The van der Waals surface area contributed by atoms with Crippen molar-refractivity contribution >= 4 is 11.5 Å². The van der Waals surface area contributed by atoms with E-state index in [2.05, 4.69) is 21.8 Å². The van der Waals surface area contributed by atoms with Crippen molar-refractivity contribution < 1.29 is 31.1 Å². The molecule has 0 radical (unpaired) electrons. The molecule has 1 aliphatic rings. The molecule has 0 fully saturated rings. The molecule has 0 aliphatic carbocycles. The van der Waals surface area contributed by atoms with Gasteiger partial charge in [-0.2, -0.15) is 18.3 Å². The number of halogens is 6. The van der Waals surface area contributed by atoms with Crippen molar-refractivity contribution in [2.75, 3.05) is 13.1 Å². The van der Waals surface area contributed by atoms with Gasteiger partial charge in [0.2, 0.25) is 0 Å². The van der Waals surface area contributed by atoms with Gasteiger partial charge in [-0.05, 0) is 47.9 Å². The molecule has 1 aliphatic heterocycles. The maximum atomic E-state index is 14.4. The average molecular weight is 600 g/mol. The molecule has 3 N–H and O–H groups in total. The van der Waals surface area contributed by atoms with Crippen molar-refractivity contribution in [3.63, 3.8) is 0 Å². The lowest BCUT2D eigenvalue weighted by atomic mass is 9.86. The largest absolute Gasteiger partial charge is 0.435 e. The van der Waals surface area contributed by atoms with Crippen LogP contribution in [0.3, 0.4) is 0 Å². The fourth-order valence-corrected chi connectivity index (χ4v) is 5.51. The number of rotatable bonds is 9. The van der Waals surface area contributed by atoms with Gasteiger partial charge in [0.15, 0.2) is 5.69 Å². The number of ketones is 1. The molecule has 43 heavy (non-hydrogen) atoms. The predicted octanol–water partition coefficient (Wildman–Crippen LogP) is 6.18. The molecule has 4 aromatic rings. The highest BCUT2D eigenvalue weighted by atomic mass is 19.4. The smallest absolute Gasteiger partial charge is 0.399 e. The van der Waals surface area contributed by atoms with E-state index < -0.39 is 35.2 Å². The minimum Gasteiger partial charge on any atom is -0.399 e. The fourth-order valence-electron chi connectivity index (χ4n) is 5.51. The molecule has 0 unspecified atom stereocenters. The van der Waals surface area contributed by atoms with Crippen LogP contribution in [0.5, 0.6) is 0 Å². The van der Waals surface area contributed by atoms with Gasteiger partial charge >= 0.3 is 6.18 Å². The van der Waals surface area contributed by atoms with Gasteiger partial charge in [0.05, 0.1) is 12.2 Å². The number of carbonyl (C=O) groups excluding carboxylic acids is 1. The number of nitrogens with two attached hydrogens (primary N) is 1. The van der Waals surface area contributed by atoms with E-state index >= 15 is 0 Å². The first-order chi connectivity index (χ1) is 20.4. The summed E-state index contributed by atoms with van der Waals surface area (Å²) in [4.78, 5) is 19.6. The number of aromatic amines is 1. The molecule has 0 saturated heterocycles. The molecule has 6 nitrogen and oxygen atoms in total. The number of nitrogens with zero attached hydrogens (tertiary/aromatic N) is 3. The third-order valence-corrected chi connectivity index (χ3v) is 7.41. The maximum absolute atomic E-state index is 14.4. The zero-order valence-corrected chi connectivity index (χ0v) is 22.8. The first-order valence-corrected chi connectivity index (χ1v) is 13.4. The first-order valence-electron chi connectivity index (χ1n) is 13.4. The molecule has 0 saturated carbocycles. The minimum atomic E-state index is -4.63. The molecule has 3 heterocycles. The molecule has 2 aromatic heterocycles. The van der Waals surface area contributed by atoms with E-state index in [4.69, 9.17) is 5.73 Å². The van der Waals surface area contributed by atoms with E-state index in [0.29, 0.717) is 29.1 Å². The van der Waals surface area contributed by atoms with Crippen molar-refractivity contribution in [2.24, 2.45) is 5.73 Å². The van der Waals surface area contributed by atoms with Crippen LogP contribution in [-0.4, -0.2) is 39.0 Å². The quantitative estimate of drug-likeness (QED) is 0.225. The van der Waals surface area contributed by atoms with Crippen LogP contribution in [0.2, 0.25) is 0 Å². The molecule has 2 aromatic carbocycles. The summed E-state index contributed by atoms with van der Waals surface area (Å²) in [6.07, 6.45) is -2.94. The number of aromatic nitrogens is 3. The Morgan fingerprint density at radius 1 is 1.09 bits per heavy atom. The number of benzene rings is 2. The second kappa shape index (κ2) is 12.0. The van der Waals surface area contributed by atoms with Crippen LogP contribution < -0.4 is 5.73 Å². The molecule has 5 rings (SSSR count). The van der Waals surface area contributed by atoms with Crippen LogP contribution in [0.15, 0.2) is 61.3 Å². The minimum absolute atomic E-state index is 0.0129. The number of hydrogen-bond donors (Lipinski definition) is 2.